The predicted molar refractivity (Wildman–Crippen MR) is 128 cm³/mol. The van der Waals surface area contributed by atoms with Gasteiger partial charge in [-0.3, -0.25) is 9.55 Å². The van der Waals surface area contributed by atoms with Gasteiger partial charge in [-0.2, -0.15) is 18.4 Å². The Kier molecular flexibility index (Phi) is 5.94. The number of aromatic nitrogens is 4. The number of benzene rings is 2. The van der Waals surface area contributed by atoms with Gasteiger partial charge < -0.3 is 15.0 Å². The number of alkyl halides is 6. The van der Waals surface area contributed by atoms with E-state index in [1.807, 2.05) is 0 Å². The number of fused-ring (bicyclic) bond motifs is 3. The molecular weight excluding hydrogens is 528 g/mol. The molecule has 2 aromatic carbocycles. The Morgan fingerprint density at radius 1 is 0.949 bits per heavy atom. The Morgan fingerprint density at radius 3 is 2.31 bits per heavy atom. The molecule has 3 aromatic heterocycles. The molecule has 5 aromatic rings. The summed E-state index contributed by atoms with van der Waals surface area (Å²) in [6, 6.07) is 10.6. The predicted octanol–water partition coefficient (Wildman–Crippen LogP) is 5.46. The van der Waals surface area contributed by atoms with E-state index in [0.29, 0.717) is 33.2 Å². The van der Waals surface area contributed by atoms with E-state index in [1.165, 1.54) is 29.1 Å². The van der Waals surface area contributed by atoms with Gasteiger partial charge in [0.2, 0.25) is 11.8 Å². The molecule has 0 radical (unpaired) electrons. The third kappa shape index (κ3) is 4.70. The molecule has 2 N–H and O–H groups in total. The summed E-state index contributed by atoms with van der Waals surface area (Å²) in [5.74, 6) is -1.10. The van der Waals surface area contributed by atoms with Crippen LogP contribution in [0.1, 0.15) is 5.56 Å². The van der Waals surface area contributed by atoms with Crippen LogP contribution in [-0.2, 0) is 13.2 Å². The maximum absolute atomic E-state index is 13.4. The number of aryl methyl sites for hydroxylation is 1. The Labute approximate surface area is 214 Å². The van der Waals surface area contributed by atoms with Crippen molar-refractivity contribution in [1.29, 1.82) is 5.26 Å². The van der Waals surface area contributed by atoms with E-state index in [0.717, 1.165) is 18.2 Å². The zero-order valence-corrected chi connectivity index (χ0v) is 19.7. The first kappa shape index (κ1) is 25.6. The van der Waals surface area contributed by atoms with E-state index in [1.54, 1.807) is 36.0 Å². The van der Waals surface area contributed by atoms with Crippen molar-refractivity contribution in [1.82, 2.24) is 19.1 Å². The van der Waals surface area contributed by atoms with Gasteiger partial charge in [0.05, 0.1) is 28.3 Å². The molecule has 0 saturated carbocycles. The molecule has 8 nitrogen and oxygen atoms in total. The zero-order chi connectivity index (χ0) is 28.1. The number of nitriles is 1. The first-order chi connectivity index (χ1) is 18.4. The highest BCUT2D eigenvalue weighted by Gasteiger charge is 2.34. The molecule has 0 saturated heterocycles. The van der Waals surface area contributed by atoms with Crippen LogP contribution in [-0.4, -0.2) is 25.5 Å². The molecule has 14 heteroatoms. The second-order valence-corrected chi connectivity index (χ2v) is 8.33. The minimum atomic E-state index is -4.88. The largest absolute Gasteiger partial charge is 0.573 e. The molecule has 198 valence electrons. The first-order valence-electron chi connectivity index (χ1n) is 11.0. The van der Waals surface area contributed by atoms with Crippen molar-refractivity contribution >= 4 is 27.8 Å². The molecule has 39 heavy (non-hydrogen) atoms. The maximum Gasteiger partial charge on any atom is 0.573 e. The molecule has 0 aliphatic carbocycles. The van der Waals surface area contributed by atoms with Crippen molar-refractivity contribution in [3.63, 3.8) is 0 Å². The molecule has 0 fully saturated rings. The maximum atomic E-state index is 13.4. The molecule has 5 rings (SSSR count). The fraction of sp³-hybridized carbons (Fsp3) is 0.120. The first-order valence-corrected chi connectivity index (χ1v) is 11.0. The molecule has 0 atom stereocenters. The number of pyridine rings is 2. The Morgan fingerprint density at radius 2 is 1.67 bits per heavy atom. The quantitative estimate of drug-likeness (QED) is 0.240. The van der Waals surface area contributed by atoms with Crippen LogP contribution >= 0.6 is 0 Å². The van der Waals surface area contributed by atoms with Gasteiger partial charge in [0, 0.05) is 29.9 Å². The van der Waals surface area contributed by atoms with Gasteiger partial charge in [-0.25, -0.2) is 4.98 Å². The average molecular weight is 543 g/mol. The number of hydrogen-bond donors (Lipinski definition) is 1. The summed E-state index contributed by atoms with van der Waals surface area (Å²) in [7, 11) is 1.62. The van der Waals surface area contributed by atoms with Gasteiger partial charge in [0.1, 0.15) is 11.6 Å². The number of nitrogen functional groups attached to an aromatic ring is 1. The van der Waals surface area contributed by atoms with Gasteiger partial charge in [-0.15, -0.1) is 18.2 Å². The van der Waals surface area contributed by atoms with E-state index < -0.39 is 29.7 Å². The summed E-state index contributed by atoms with van der Waals surface area (Å²) in [5, 5.41) is 9.79. The molecular formula is C25H15F6N7O. The van der Waals surface area contributed by atoms with Crippen LogP contribution in [0, 0.1) is 11.5 Å². The lowest BCUT2D eigenvalue weighted by Gasteiger charge is -2.12. The SMILES string of the molecule is Cn1c(=NC#N)n(-c2ccc(OC(F)(F)F)cc2)c2c3cc(-c4cnc(N)c(C(F)(F)F)c4)ccc3ncc21. The molecule has 0 aliphatic rings. The average Bonchev–Trinajstić information content (AvgIpc) is 3.15. The molecule has 0 spiro atoms. The molecule has 3 heterocycles. The van der Waals surface area contributed by atoms with Crippen molar-refractivity contribution in [3.05, 3.63) is 72.1 Å². The number of ether oxygens (including phenoxy) is 1. The highest BCUT2D eigenvalue weighted by Crippen LogP contribution is 2.36. The summed E-state index contributed by atoms with van der Waals surface area (Å²) < 4.78 is 85.3. The van der Waals surface area contributed by atoms with Crippen molar-refractivity contribution in [3.8, 4) is 28.8 Å². The number of rotatable bonds is 3. The molecule has 0 aliphatic heterocycles. The lowest BCUT2D eigenvalue weighted by Crippen LogP contribution is -2.23. The molecule has 0 bridgehead atoms. The van der Waals surface area contributed by atoms with Crippen molar-refractivity contribution in [2.75, 3.05) is 5.73 Å². The van der Waals surface area contributed by atoms with E-state index in [9.17, 15) is 31.6 Å². The van der Waals surface area contributed by atoms with Crippen molar-refractivity contribution < 1.29 is 31.1 Å². The number of hydrogen-bond acceptors (Lipinski definition) is 6. The third-order valence-electron chi connectivity index (χ3n) is 5.94. The summed E-state index contributed by atoms with van der Waals surface area (Å²) in [6.07, 6.45) is -5.14. The summed E-state index contributed by atoms with van der Waals surface area (Å²) >= 11 is 0. The number of halogens is 6. The lowest BCUT2D eigenvalue weighted by molar-refractivity contribution is -0.274. The van der Waals surface area contributed by atoms with Crippen molar-refractivity contribution in [2.45, 2.75) is 12.5 Å². The lowest BCUT2D eigenvalue weighted by atomic mass is 10.0. The number of nitrogens with zero attached hydrogens (tertiary/aromatic N) is 6. The van der Waals surface area contributed by atoms with Crippen molar-refractivity contribution in [2.24, 2.45) is 12.0 Å². The van der Waals surface area contributed by atoms with Crippen LogP contribution in [0.5, 0.6) is 5.75 Å². The minimum Gasteiger partial charge on any atom is -0.406 e. The van der Waals surface area contributed by atoms with E-state index in [4.69, 9.17) is 5.73 Å². The summed E-state index contributed by atoms with van der Waals surface area (Å²) in [4.78, 5) is 12.0. The van der Waals surface area contributed by atoms with Crippen LogP contribution in [0.3, 0.4) is 0 Å². The molecule has 0 unspecified atom stereocenters. The highest BCUT2D eigenvalue weighted by atomic mass is 19.4. The fourth-order valence-corrected chi connectivity index (χ4v) is 4.26. The van der Waals surface area contributed by atoms with Crippen LogP contribution in [0.2, 0.25) is 0 Å². The molecule has 0 amide bonds. The zero-order valence-electron chi connectivity index (χ0n) is 19.7. The summed E-state index contributed by atoms with van der Waals surface area (Å²) in [6.45, 7) is 0. The van der Waals surface area contributed by atoms with Gasteiger partial charge >= 0.3 is 12.5 Å². The van der Waals surface area contributed by atoms with Crippen LogP contribution in [0.25, 0.3) is 38.8 Å². The second kappa shape index (κ2) is 9.05. The second-order valence-electron chi connectivity index (χ2n) is 8.33. The normalized spacial score (nSPS) is 12.7. The number of nitrogens with two attached hydrogens (primary N) is 1. The third-order valence-corrected chi connectivity index (χ3v) is 5.94. The van der Waals surface area contributed by atoms with Gasteiger partial charge in [-0.05, 0) is 48.0 Å². The number of imidazole rings is 1. The van der Waals surface area contributed by atoms with E-state index in [2.05, 4.69) is 19.7 Å². The standard InChI is InChI=1S/C25H15F6N7O/c1-37-20-11-34-19-7-2-13(14-9-18(24(26,27)28)22(33)35-10-14)8-17(19)21(20)38(23(37)36-12-32)15-3-5-16(6-4-15)39-25(29,30)31/h2-11H,1H3,(H2,33,35). The van der Waals surface area contributed by atoms with E-state index >= 15 is 0 Å². The monoisotopic (exact) mass is 543 g/mol. The fourth-order valence-electron chi connectivity index (χ4n) is 4.26. The van der Waals surface area contributed by atoms with Gasteiger partial charge in [-0.1, -0.05) is 6.07 Å². The minimum absolute atomic E-state index is 0.130. The van der Waals surface area contributed by atoms with Crippen LogP contribution in [0.15, 0.2) is 65.9 Å². The Balaban J connectivity index is 1.78. The highest BCUT2D eigenvalue weighted by molar-refractivity contribution is 6.04. The Bertz CT molecular complexity index is 1850. The van der Waals surface area contributed by atoms with Crippen LogP contribution < -0.4 is 16.1 Å². The van der Waals surface area contributed by atoms with Crippen LogP contribution in [0.4, 0.5) is 32.2 Å². The Hall–Kier alpha value is -5.06. The summed E-state index contributed by atoms with van der Waals surface area (Å²) in [5.41, 5.74) is 6.77. The topological polar surface area (TPSA) is 107 Å². The van der Waals surface area contributed by atoms with Gasteiger partial charge in [0.25, 0.3) is 0 Å². The smallest absolute Gasteiger partial charge is 0.406 e. The number of anilines is 1. The van der Waals surface area contributed by atoms with E-state index in [-0.39, 0.29) is 11.2 Å². The van der Waals surface area contributed by atoms with Gasteiger partial charge in [0.15, 0.2) is 0 Å².